The highest BCUT2D eigenvalue weighted by Crippen LogP contribution is 2.29. The number of halogens is 1. The van der Waals surface area contributed by atoms with Crippen molar-refractivity contribution < 1.29 is 9.15 Å². The quantitative estimate of drug-likeness (QED) is 0.608. The Labute approximate surface area is 153 Å². The molecular formula is C20H21ClN2O2. The molecule has 0 spiro atoms. The second-order valence-electron chi connectivity index (χ2n) is 5.99. The van der Waals surface area contributed by atoms with Crippen molar-refractivity contribution in [1.29, 1.82) is 0 Å². The van der Waals surface area contributed by atoms with Crippen LogP contribution in [0.15, 0.2) is 59.2 Å². The minimum atomic E-state index is 0.183. The van der Waals surface area contributed by atoms with E-state index in [4.69, 9.17) is 20.8 Å². The lowest BCUT2D eigenvalue weighted by Gasteiger charge is -2.25. The van der Waals surface area contributed by atoms with Crippen molar-refractivity contribution in [3.63, 3.8) is 0 Å². The summed E-state index contributed by atoms with van der Waals surface area (Å²) in [6.45, 7) is 2.82. The molecule has 3 rings (SSSR count). The smallest absolute Gasteiger partial charge is 0.226 e. The van der Waals surface area contributed by atoms with E-state index >= 15 is 0 Å². The van der Waals surface area contributed by atoms with Crippen molar-refractivity contribution in [1.82, 2.24) is 9.88 Å². The van der Waals surface area contributed by atoms with Gasteiger partial charge in [-0.25, -0.2) is 4.98 Å². The van der Waals surface area contributed by atoms with Crippen molar-refractivity contribution in [2.45, 2.75) is 19.5 Å². The predicted molar refractivity (Wildman–Crippen MR) is 99.8 cm³/mol. The highest BCUT2D eigenvalue weighted by molar-refractivity contribution is 6.30. The summed E-state index contributed by atoms with van der Waals surface area (Å²) < 4.78 is 11.1. The lowest BCUT2D eigenvalue weighted by molar-refractivity contribution is 0.244. The minimum absolute atomic E-state index is 0.183. The Balaban J connectivity index is 1.74. The van der Waals surface area contributed by atoms with Crippen LogP contribution in [-0.4, -0.2) is 24.0 Å². The SMILES string of the molecule is COc1ccccc1C(C)N(C)Cc1coc(-c2cccc(Cl)c2)n1. The summed E-state index contributed by atoms with van der Waals surface area (Å²) in [7, 11) is 3.76. The van der Waals surface area contributed by atoms with Crippen molar-refractivity contribution >= 4 is 11.6 Å². The molecule has 0 aliphatic carbocycles. The topological polar surface area (TPSA) is 38.5 Å². The van der Waals surface area contributed by atoms with Crippen LogP contribution in [0.25, 0.3) is 11.5 Å². The molecular weight excluding hydrogens is 336 g/mol. The first-order valence-electron chi connectivity index (χ1n) is 8.12. The molecule has 0 radical (unpaired) electrons. The van der Waals surface area contributed by atoms with Crippen molar-refractivity contribution in [3.8, 4) is 17.2 Å². The van der Waals surface area contributed by atoms with Gasteiger partial charge in [0.05, 0.1) is 12.8 Å². The summed E-state index contributed by atoms with van der Waals surface area (Å²) in [6.07, 6.45) is 1.70. The van der Waals surface area contributed by atoms with Crippen molar-refractivity contribution in [3.05, 3.63) is 71.1 Å². The molecule has 4 nitrogen and oxygen atoms in total. The fourth-order valence-electron chi connectivity index (χ4n) is 2.78. The van der Waals surface area contributed by atoms with E-state index in [1.54, 1.807) is 13.4 Å². The van der Waals surface area contributed by atoms with Gasteiger partial charge in [-0.3, -0.25) is 4.90 Å². The maximum atomic E-state index is 6.03. The normalized spacial score (nSPS) is 12.4. The van der Waals surface area contributed by atoms with Crippen LogP contribution in [0.5, 0.6) is 5.75 Å². The van der Waals surface area contributed by atoms with Gasteiger partial charge in [0.25, 0.3) is 0 Å². The summed E-state index contributed by atoms with van der Waals surface area (Å²) in [4.78, 5) is 6.79. The molecule has 0 N–H and O–H groups in total. The molecule has 0 saturated carbocycles. The zero-order chi connectivity index (χ0) is 17.8. The number of oxazole rings is 1. The molecule has 0 amide bonds. The molecule has 0 saturated heterocycles. The Hall–Kier alpha value is -2.30. The van der Waals surface area contributed by atoms with Crippen molar-refractivity contribution in [2.24, 2.45) is 0 Å². The summed E-state index contributed by atoms with van der Waals surface area (Å²) in [5, 5.41) is 0.666. The van der Waals surface area contributed by atoms with E-state index in [9.17, 15) is 0 Å². The first kappa shape index (κ1) is 17.5. The maximum Gasteiger partial charge on any atom is 0.226 e. The maximum absolute atomic E-state index is 6.03. The molecule has 0 bridgehead atoms. The molecule has 1 aromatic heterocycles. The fourth-order valence-corrected chi connectivity index (χ4v) is 2.97. The summed E-state index contributed by atoms with van der Waals surface area (Å²) in [5.41, 5.74) is 2.89. The largest absolute Gasteiger partial charge is 0.496 e. The minimum Gasteiger partial charge on any atom is -0.496 e. The lowest BCUT2D eigenvalue weighted by atomic mass is 10.1. The van der Waals surface area contributed by atoms with E-state index in [0.717, 1.165) is 22.6 Å². The van der Waals surface area contributed by atoms with Gasteiger partial charge in [0, 0.05) is 28.7 Å². The predicted octanol–water partition coefficient (Wildman–Crippen LogP) is 5.20. The second-order valence-corrected chi connectivity index (χ2v) is 6.42. The van der Waals surface area contributed by atoms with Gasteiger partial charge in [0.1, 0.15) is 12.0 Å². The molecule has 5 heteroatoms. The number of rotatable bonds is 6. The Morgan fingerprint density at radius 3 is 2.76 bits per heavy atom. The average molecular weight is 357 g/mol. The van der Waals surface area contributed by atoms with Crippen LogP contribution in [0.2, 0.25) is 5.02 Å². The van der Waals surface area contributed by atoms with Gasteiger partial charge in [-0.2, -0.15) is 0 Å². The zero-order valence-electron chi connectivity index (χ0n) is 14.6. The van der Waals surface area contributed by atoms with Crippen LogP contribution in [0.3, 0.4) is 0 Å². The number of hydrogen-bond donors (Lipinski definition) is 0. The summed E-state index contributed by atoms with van der Waals surface area (Å²) >= 11 is 6.03. The van der Waals surface area contributed by atoms with Crippen LogP contribution >= 0.6 is 11.6 Å². The molecule has 2 aromatic carbocycles. The molecule has 0 aliphatic heterocycles. The zero-order valence-corrected chi connectivity index (χ0v) is 15.3. The Morgan fingerprint density at radius 1 is 1.20 bits per heavy atom. The molecule has 0 aliphatic rings. The third-order valence-corrected chi connectivity index (χ3v) is 4.52. The van der Waals surface area contributed by atoms with Gasteiger partial charge in [-0.05, 0) is 38.2 Å². The molecule has 3 aromatic rings. The fraction of sp³-hybridized carbons (Fsp3) is 0.250. The van der Waals surface area contributed by atoms with E-state index in [2.05, 4.69) is 29.9 Å². The number of nitrogens with zero attached hydrogens (tertiary/aromatic N) is 2. The van der Waals surface area contributed by atoms with Crippen LogP contribution in [0, 0.1) is 0 Å². The van der Waals surface area contributed by atoms with E-state index in [1.807, 2.05) is 42.5 Å². The summed E-state index contributed by atoms with van der Waals surface area (Å²) in [6, 6.07) is 15.7. The average Bonchev–Trinajstić information content (AvgIpc) is 3.09. The van der Waals surface area contributed by atoms with Crippen LogP contribution in [0.1, 0.15) is 24.2 Å². The van der Waals surface area contributed by atoms with Gasteiger partial charge >= 0.3 is 0 Å². The van der Waals surface area contributed by atoms with Crippen LogP contribution in [0.4, 0.5) is 0 Å². The van der Waals surface area contributed by atoms with E-state index in [1.165, 1.54) is 0 Å². The molecule has 1 heterocycles. The van der Waals surface area contributed by atoms with Gasteiger partial charge in [0.2, 0.25) is 5.89 Å². The standard InChI is InChI=1S/C20H21ClN2O2/c1-14(18-9-4-5-10-19(18)24-3)23(2)12-17-13-25-20(22-17)15-7-6-8-16(21)11-15/h4-11,13-14H,12H2,1-3H3. The Morgan fingerprint density at radius 2 is 2.00 bits per heavy atom. The first-order valence-corrected chi connectivity index (χ1v) is 8.49. The molecule has 1 unspecified atom stereocenters. The second kappa shape index (κ2) is 7.72. The van der Waals surface area contributed by atoms with E-state index in [0.29, 0.717) is 17.5 Å². The Kier molecular flexibility index (Phi) is 5.41. The molecule has 1 atom stereocenters. The van der Waals surface area contributed by atoms with Crippen LogP contribution < -0.4 is 4.74 Å². The van der Waals surface area contributed by atoms with Gasteiger partial charge < -0.3 is 9.15 Å². The number of aromatic nitrogens is 1. The lowest BCUT2D eigenvalue weighted by Crippen LogP contribution is -2.22. The molecule has 25 heavy (non-hydrogen) atoms. The third-order valence-electron chi connectivity index (χ3n) is 4.28. The highest BCUT2D eigenvalue weighted by Gasteiger charge is 2.17. The number of ether oxygens (including phenoxy) is 1. The van der Waals surface area contributed by atoms with Gasteiger partial charge in [-0.15, -0.1) is 0 Å². The Bertz CT molecular complexity index is 847. The number of methoxy groups -OCH3 is 1. The highest BCUT2D eigenvalue weighted by atomic mass is 35.5. The van der Waals surface area contributed by atoms with Crippen molar-refractivity contribution in [2.75, 3.05) is 14.2 Å². The van der Waals surface area contributed by atoms with Crippen LogP contribution in [-0.2, 0) is 6.54 Å². The monoisotopic (exact) mass is 356 g/mol. The van der Waals surface area contributed by atoms with Gasteiger partial charge in [0.15, 0.2) is 0 Å². The number of benzene rings is 2. The van der Waals surface area contributed by atoms with E-state index < -0.39 is 0 Å². The molecule has 130 valence electrons. The first-order chi connectivity index (χ1) is 12.1. The van der Waals surface area contributed by atoms with Gasteiger partial charge in [-0.1, -0.05) is 35.9 Å². The number of para-hydroxylation sites is 1. The molecule has 0 fully saturated rings. The third kappa shape index (κ3) is 4.03. The van der Waals surface area contributed by atoms with E-state index in [-0.39, 0.29) is 6.04 Å². The summed E-state index contributed by atoms with van der Waals surface area (Å²) in [5.74, 6) is 1.47. The number of hydrogen-bond acceptors (Lipinski definition) is 4.